The third-order valence-corrected chi connectivity index (χ3v) is 5.37. The first-order chi connectivity index (χ1) is 14.8. The van der Waals surface area contributed by atoms with Crippen LogP contribution in [-0.4, -0.2) is 70.0 Å². The van der Waals surface area contributed by atoms with Gasteiger partial charge in [-0.05, 0) is 37.7 Å². The van der Waals surface area contributed by atoms with Crippen molar-refractivity contribution < 1.29 is 9.47 Å². The molecule has 30 heavy (non-hydrogen) atoms. The summed E-state index contributed by atoms with van der Waals surface area (Å²) >= 11 is 0. The first-order valence-corrected chi connectivity index (χ1v) is 11.7. The van der Waals surface area contributed by atoms with Crippen LogP contribution < -0.4 is 10.6 Å². The molecule has 1 heterocycles. The molecular weight excluding hydrogens is 376 g/mol. The van der Waals surface area contributed by atoms with Crippen LogP contribution >= 0.6 is 0 Å². The number of guanidine groups is 1. The molecule has 0 amide bonds. The first kappa shape index (κ1) is 24.6. The van der Waals surface area contributed by atoms with Gasteiger partial charge in [0, 0.05) is 59.6 Å². The molecule has 0 aromatic heterocycles. The highest BCUT2D eigenvalue weighted by Crippen LogP contribution is 2.16. The van der Waals surface area contributed by atoms with Crippen LogP contribution in [-0.2, 0) is 16.0 Å². The zero-order valence-corrected chi connectivity index (χ0v) is 19.1. The van der Waals surface area contributed by atoms with E-state index >= 15 is 0 Å². The number of aliphatic imine (C=N–C) groups is 1. The van der Waals surface area contributed by atoms with Crippen molar-refractivity contribution in [2.24, 2.45) is 4.99 Å². The Balaban J connectivity index is 1.44. The highest BCUT2D eigenvalue weighted by atomic mass is 16.5. The maximum atomic E-state index is 6.10. The number of rotatable bonds is 14. The molecule has 0 unspecified atom stereocenters. The second-order valence-electron chi connectivity index (χ2n) is 7.93. The fourth-order valence-electron chi connectivity index (χ4n) is 3.55. The molecule has 2 rings (SSSR count). The number of unbranched alkanes of at least 4 members (excludes halogenated alkanes) is 1. The summed E-state index contributed by atoms with van der Waals surface area (Å²) in [5.74, 6) is 0.859. The number of nitrogens with zero attached hydrogens (tertiary/aromatic N) is 2. The van der Waals surface area contributed by atoms with Gasteiger partial charge in [0.2, 0.25) is 0 Å². The summed E-state index contributed by atoms with van der Waals surface area (Å²) in [6, 6.07) is 10.7. The second-order valence-corrected chi connectivity index (χ2v) is 7.93. The summed E-state index contributed by atoms with van der Waals surface area (Å²) in [5, 5.41) is 6.70. The lowest BCUT2D eigenvalue weighted by molar-refractivity contribution is 0.00534. The number of nitrogens with one attached hydrogen (secondary N) is 2. The number of piperidine rings is 1. The Morgan fingerprint density at radius 3 is 2.33 bits per heavy atom. The Kier molecular flexibility index (Phi) is 13.2. The summed E-state index contributed by atoms with van der Waals surface area (Å²) in [6.45, 7) is 9.71. The Hall–Kier alpha value is -1.63. The monoisotopic (exact) mass is 418 g/mol. The van der Waals surface area contributed by atoms with E-state index in [0.717, 1.165) is 90.6 Å². The van der Waals surface area contributed by atoms with Crippen LogP contribution in [0.3, 0.4) is 0 Å². The van der Waals surface area contributed by atoms with Gasteiger partial charge in [0.25, 0.3) is 0 Å². The van der Waals surface area contributed by atoms with Gasteiger partial charge >= 0.3 is 0 Å². The van der Waals surface area contributed by atoms with Gasteiger partial charge in [0.15, 0.2) is 5.96 Å². The molecule has 0 spiro atoms. The molecule has 1 aliphatic heterocycles. The minimum Gasteiger partial charge on any atom is -0.381 e. The van der Waals surface area contributed by atoms with E-state index in [2.05, 4.69) is 57.8 Å². The van der Waals surface area contributed by atoms with Crippen LogP contribution in [0, 0.1) is 0 Å². The summed E-state index contributed by atoms with van der Waals surface area (Å²) in [7, 11) is 1.81. The normalized spacial score (nSPS) is 16.0. The lowest BCUT2D eigenvalue weighted by atomic mass is 10.1. The van der Waals surface area contributed by atoms with E-state index in [0.29, 0.717) is 6.10 Å². The Labute approximate surface area is 183 Å². The molecule has 1 aliphatic rings. The van der Waals surface area contributed by atoms with Crippen molar-refractivity contribution >= 4 is 5.96 Å². The molecule has 6 heteroatoms. The highest BCUT2D eigenvalue weighted by molar-refractivity contribution is 5.79. The molecule has 0 aliphatic carbocycles. The summed E-state index contributed by atoms with van der Waals surface area (Å²) in [5.41, 5.74) is 1.40. The molecule has 2 N–H and O–H groups in total. The van der Waals surface area contributed by atoms with Crippen LogP contribution in [0.1, 0.15) is 51.0 Å². The van der Waals surface area contributed by atoms with Crippen LogP contribution in [0.5, 0.6) is 0 Å². The molecule has 1 aromatic carbocycles. The van der Waals surface area contributed by atoms with Crippen LogP contribution in [0.15, 0.2) is 35.3 Å². The van der Waals surface area contributed by atoms with Crippen molar-refractivity contribution in [1.29, 1.82) is 0 Å². The standard InChI is InChI=1S/C24H42N4O2/c1-3-4-18-29-19-8-14-26-24(25-2)27-15-9-20-30-23-12-16-28(17-13-23)21-22-10-6-5-7-11-22/h5-7,10-11,23H,3-4,8-9,12-21H2,1-2H3,(H2,25,26,27). The van der Waals surface area contributed by atoms with E-state index in [1.165, 1.54) is 12.0 Å². The zero-order valence-electron chi connectivity index (χ0n) is 19.1. The predicted octanol–water partition coefficient (Wildman–Crippen LogP) is 3.43. The molecule has 1 saturated heterocycles. The Morgan fingerprint density at radius 2 is 1.67 bits per heavy atom. The molecule has 170 valence electrons. The summed E-state index contributed by atoms with van der Waals surface area (Å²) in [6.07, 6.45) is 6.98. The average molecular weight is 419 g/mol. The van der Waals surface area contributed by atoms with Crippen molar-refractivity contribution in [3.05, 3.63) is 35.9 Å². The number of ether oxygens (including phenoxy) is 2. The fourth-order valence-corrected chi connectivity index (χ4v) is 3.55. The van der Waals surface area contributed by atoms with Gasteiger partial charge < -0.3 is 20.1 Å². The van der Waals surface area contributed by atoms with E-state index in [1.54, 1.807) is 0 Å². The van der Waals surface area contributed by atoms with Crippen molar-refractivity contribution in [2.45, 2.75) is 58.1 Å². The van der Waals surface area contributed by atoms with Crippen molar-refractivity contribution in [2.75, 3.05) is 53.0 Å². The van der Waals surface area contributed by atoms with E-state index in [4.69, 9.17) is 9.47 Å². The minimum absolute atomic E-state index is 0.405. The molecule has 6 nitrogen and oxygen atoms in total. The number of hydrogen-bond acceptors (Lipinski definition) is 4. The largest absolute Gasteiger partial charge is 0.381 e. The first-order valence-electron chi connectivity index (χ1n) is 11.7. The maximum Gasteiger partial charge on any atom is 0.190 e. The third kappa shape index (κ3) is 11.0. The van der Waals surface area contributed by atoms with E-state index in [1.807, 2.05) is 7.05 Å². The number of likely N-dealkylation sites (tertiary alicyclic amines) is 1. The lowest BCUT2D eigenvalue weighted by Crippen LogP contribution is -2.39. The molecule has 0 saturated carbocycles. The van der Waals surface area contributed by atoms with E-state index < -0.39 is 0 Å². The van der Waals surface area contributed by atoms with E-state index in [9.17, 15) is 0 Å². The second kappa shape index (κ2) is 16.1. The van der Waals surface area contributed by atoms with Gasteiger partial charge in [-0.2, -0.15) is 0 Å². The SMILES string of the molecule is CCCCOCCCNC(=NC)NCCCOC1CCN(Cc2ccccc2)CC1. The number of hydrogen-bond donors (Lipinski definition) is 2. The Morgan fingerprint density at radius 1 is 1.00 bits per heavy atom. The molecular formula is C24H42N4O2. The lowest BCUT2D eigenvalue weighted by Gasteiger charge is -2.32. The Bertz CT molecular complexity index is 560. The minimum atomic E-state index is 0.405. The average Bonchev–Trinajstić information content (AvgIpc) is 2.78. The van der Waals surface area contributed by atoms with Gasteiger partial charge in [-0.3, -0.25) is 9.89 Å². The van der Waals surface area contributed by atoms with E-state index in [-0.39, 0.29) is 0 Å². The molecule has 1 aromatic rings. The van der Waals surface area contributed by atoms with Gasteiger partial charge in [-0.15, -0.1) is 0 Å². The summed E-state index contributed by atoms with van der Waals surface area (Å²) < 4.78 is 11.7. The zero-order chi connectivity index (χ0) is 21.3. The molecule has 0 atom stereocenters. The number of benzene rings is 1. The van der Waals surface area contributed by atoms with Gasteiger partial charge in [-0.25, -0.2) is 0 Å². The van der Waals surface area contributed by atoms with Gasteiger partial charge in [-0.1, -0.05) is 43.7 Å². The fraction of sp³-hybridized carbons (Fsp3) is 0.708. The highest BCUT2D eigenvalue weighted by Gasteiger charge is 2.19. The van der Waals surface area contributed by atoms with Crippen molar-refractivity contribution in [3.63, 3.8) is 0 Å². The van der Waals surface area contributed by atoms with Gasteiger partial charge in [0.1, 0.15) is 0 Å². The predicted molar refractivity (Wildman–Crippen MR) is 125 cm³/mol. The topological polar surface area (TPSA) is 58.1 Å². The van der Waals surface area contributed by atoms with Crippen molar-refractivity contribution in [3.8, 4) is 0 Å². The molecule has 0 bridgehead atoms. The van der Waals surface area contributed by atoms with Crippen LogP contribution in [0.25, 0.3) is 0 Å². The van der Waals surface area contributed by atoms with Crippen LogP contribution in [0.4, 0.5) is 0 Å². The molecule has 0 radical (unpaired) electrons. The van der Waals surface area contributed by atoms with Gasteiger partial charge in [0.05, 0.1) is 6.10 Å². The smallest absolute Gasteiger partial charge is 0.190 e. The maximum absolute atomic E-state index is 6.10. The quantitative estimate of drug-likeness (QED) is 0.275. The summed E-state index contributed by atoms with van der Waals surface area (Å²) in [4.78, 5) is 6.80. The third-order valence-electron chi connectivity index (χ3n) is 5.37. The molecule has 1 fully saturated rings. The van der Waals surface area contributed by atoms with Crippen molar-refractivity contribution in [1.82, 2.24) is 15.5 Å². The van der Waals surface area contributed by atoms with Crippen LogP contribution in [0.2, 0.25) is 0 Å².